The van der Waals surface area contributed by atoms with Crippen molar-refractivity contribution < 1.29 is 29.2 Å². The highest BCUT2D eigenvalue weighted by molar-refractivity contribution is 5.69. The van der Waals surface area contributed by atoms with Crippen LogP contribution < -0.4 is 0 Å². The summed E-state index contributed by atoms with van der Waals surface area (Å²) in [6, 6.07) is 0. The van der Waals surface area contributed by atoms with Crippen LogP contribution >= 0.6 is 0 Å². The van der Waals surface area contributed by atoms with Crippen LogP contribution in [0.3, 0.4) is 0 Å². The van der Waals surface area contributed by atoms with Gasteiger partial charge in [0, 0.05) is 13.5 Å². The van der Waals surface area contributed by atoms with Crippen molar-refractivity contribution in [1.29, 1.82) is 0 Å². The Hall–Kier alpha value is -0.690. The summed E-state index contributed by atoms with van der Waals surface area (Å²) in [5.74, 6) is -0.418. The van der Waals surface area contributed by atoms with Gasteiger partial charge in [0.1, 0.15) is 6.10 Å². The van der Waals surface area contributed by atoms with E-state index in [1.807, 2.05) is 0 Å². The van der Waals surface area contributed by atoms with E-state index in [4.69, 9.17) is 9.47 Å². The van der Waals surface area contributed by atoms with E-state index in [0.29, 0.717) is 0 Å². The maximum atomic E-state index is 11.0. The standard InChI is InChI=1S/C9H16O6/c1-13-7(11)4-5-3-6(10)8(12)9(14-2)15-5/h5-6,8-10,12H,3-4H2,1-2H3. The minimum Gasteiger partial charge on any atom is -0.469 e. The molecule has 1 aliphatic heterocycles. The van der Waals surface area contributed by atoms with Gasteiger partial charge >= 0.3 is 5.97 Å². The minimum absolute atomic E-state index is 0.0418. The van der Waals surface area contributed by atoms with Crippen molar-refractivity contribution >= 4 is 5.97 Å². The first kappa shape index (κ1) is 12.4. The summed E-state index contributed by atoms with van der Waals surface area (Å²) < 4.78 is 14.6. The molecule has 0 bridgehead atoms. The first-order valence-electron chi connectivity index (χ1n) is 4.69. The van der Waals surface area contributed by atoms with E-state index < -0.39 is 30.6 Å². The molecule has 1 heterocycles. The predicted molar refractivity (Wildman–Crippen MR) is 48.9 cm³/mol. The van der Waals surface area contributed by atoms with Crippen molar-refractivity contribution in [3.8, 4) is 0 Å². The Bertz CT molecular complexity index is 219. The molecule has 0 aromatic carbocycles. The number of aliphatic hydroxyl groups excluding tert-OH is 2. The molecule has 1 aliphatic rings. The fraction of sp³-hybridized carbons (Fsp3) is 0.889. The van der Waals surface area contributed by atoms with Crippen LogP contribution in [-0.4, -0.2) is 55.0 Å². The summed E-state index contributed by atoms with van der Waals surface area (Å²) in [6.45, 7) is 0. The molecule has 1 fully saturated rings. The lowest BCUT2D eigenvalue weighted by Crippen LogP contribution is -2.49. The number of hydrogen-bond donors (Lipinski definition) is 2. The van der Waals surface area contributed by atoms with Crippen molar-refractivity contribution in [2.24, 2.45) is 0 Å². The average molecular weight is 220 g/mol. The summed E-state index contributed by atoms with van der Waals surface area (Å²) in [6.07, 6.45) is -3.18. The second kappa shape index (κ2) is 5.41. The number of ether oxygens (including phenoxy) is 3. The van der Waals surface area contributed by atoms with Gasteiger partial charge < -0.3 is 24.4 Å². The van der Waals surface area contributed by atoms with Gasteiger partial charge in [-0.05, 0) is 0 Å². The van der Waals surface area contributed by atoms with Crippen LogP contribution in [0.1, 0.15) is 12.8 Å². The SMILES string of the molecule is COC(=O)CC1CC(O)C(O)C(OC)O1. The van der Waals surface area contributed by atoms with Gasteiger partial charge in [0.05, 0.1) is 25.7 Å². The largest absolute Gasteiger partial charge is 0.469 e. The van der Waals surface area contributed by atoms with Crippen LogP contribution in [0.2, 0.25) is 0 Å². The molecule has 0 aromatic rings. The fourth-order valence-electron chi connectivity index (χ4n) is 1.51. The summed E-state index contributed by atoms with van der Waals surface area (Å²) in [5, 5.41) is 18.9. The molecular formula is C9H16O6. The first-order chi connectivity index (χ1) is 7.08. The third kappa shape index (κ3) is 3.13. The molecule has 0 saturated carbocycles. The van der Waals surface area contributed by atoms with Gasteiger partial charge in [0.15, 0.2) is 6.29 Å². The molecule has 0 aromatic heterocycles. The Morgan fingerprint density at radius 2 is 2.13 bits per heavy atom. The zero-order valence-corrected chi connectivity index (χ0v) is 8.75. The Balaban J connectivity index is 2.51. The van der Waals surface area contributed by atoms with Gasteiger partial charge in [-0.1, -0.05) is 0 Å². The van der Waals surface area contributed by atoms with E-state index in [2.05, 4.69) is 4.74 Å². The number of esters is 1. The summed E-state index contributed by atoms with van der Waals surface area (Å²) >= 11 is 0. The maximum absolute atomic E-state index is 11.0. The third-order valence-electron chi connectivity index (χ3n) is 2.36. The molecule has 2 N–H and O–H groups in total. The molecule has 0 aliphatic carbocycles. The van der Waals surface area contributed by atoms with Crippen molar-refractivity contribution in [3.05, 3.63) is 0 Å². The van der Waals surface area contributed by atoms with Crippen molar-refractivity contribution in [2.75, 3.05) is 14.2 Å². The normalized spacial score (nSPS) is 36.3. The van der Waals surface area contributed by atoms with Gasteiger partial charge in [0.25, 0.3) is 0 Å². The van der Waals surface area contributed by atoms with Gasteiger partial charge in [-0.15, -0.1) is 0 Å². The minimum atomic E-state index is -1.08. The van der Waals surface area contributed by atoms with E-state index in [1.165, 1.54) is 14.2 Å². The topological polar surface area (TPSA) is 85.2 Å². The predicted octanol–water partition coefficient (Wildman–Crippen LogP) is -0.967. The van der Waals surface area contributed by atoms with Gasteiger partial charge in [-0.3, -0.25) is 4.79 Å². The lowest BCUT2D eigenvalue weighted by atomic mass is 10.0. The van der Waals surface area contributed by atoms with Gasteiger partial charge in [0.2, 0.25) is 0 Å². The third-order valence-corrected chi connectivity index (χ3v) is 2.36. The number of rotatable bonds is 3. The molecule has 6 heteroatoms. The number of carbonyl (C=O) groups is 1. The van der Waals surface area contributed by atoms with E-state index in [0.717, 1.165) is 0 Å². The molecule has 0 amide bonds. The summed E-state index contributed by atoms with van der Waals surface area (Å²) in [7, 11) is 2.64. The number of carbonyl (C=O) groups excluding carboxylic acids is 1. The van der Waals surface area contributed by atoms with E-state index in [-0.39, 0.29) is 12.8 Å². The second-order valence-corrected chi connectivity index (χ2v) is 3.44. The Morgan fingerprint density at radius 1 is 1.47 bits per heavy atom. The quantitative estimate of drug-likeness (QED) is 0.595. The highest BCUT2D eigenvalue weighted by Crippen LogP contribution is 2.22. The van der Waals surface area contributed by atoms with Crippen LogP contribution in [0.4, 0.5) is 0 Å². The zero-order chi connectivity index (χ0) is 11.4. The first-order valence-corrected chi connectivity index (χ1v) is 4.69. The van der Waals surface area contributed by atoms with Crippen molar-refractivity contribution in [1.82, 2.24) is 0 Å². The van der Waals surface area contributed by atoms with Gasteiger partial charge in [-0.2, -0.15) is 0 Å². The molecule has 6 nitrogen and oxygen atoms in total. The zero-order valence-electron chi connectivity index (χ0n) is 8.75. The van der Waals surface area contributed by atoms with Crippen LogP contribution in [0, 0.1) is 0 Å². The smallest absolute Gasteiger partial charge is 0.308 e. The Kier molecular flexibility index (Phi) is 4.46. The molecule has 4 atom stereocenters. The lowest BCUT2D eigenvalue weighted by Gasteiger charge is -2.35. The Morgan fingerprint density at radius 3 is 2.67 bits per heavy atom. The highest BCUT2D eigenvalue weighted by atomic mass is 16.7. The molecule has 88 valence electrons. The summed E-state index contributed by atoms with van der Waals surface area (Å²) in [4.78, 5) is 11.0. The number of aliphatic hydroxyl groups is 2. The van der Waals surface area contributed by atoms with E-state index in [1.54, 1.807) is 0 Å². The average Bonchev–Trinajstić information content (AvgIpc) is 2.22. The molecule has 1 saturated heterocycles. The van der Waals surface area contributed by atoms with E-state index in [9.17, 15) is 15.0 Å². The van der Waals surface area contributed by atoms with Crippen molar-refractivity contribution in [2.45, 2.75) is 37.4 Å². The van der Waals surface area contributed by atoms with Gasteiger partial charge in [-0.25, -0.2) is 0 Å². The van der Waals surface area contributed by atoms with Crippen LogP contribution in [0.15, 0.2) is 0 Å². The van der Waals surface area contributed by atoms with E-state index >= 15 is 0 Å². The second-order valence-electron chi connectivity index (χ2n) is 3.44. The molecule has 1 rings (SSSR count). The Labute approximate surface area is 87.7 Å². The monoisotopic (exact) mass is 220 g/mol. The molecule has 0 spiro atoms. The summed E-state index contributed by atoms with van der Waals surface area (Å²) in [5.41, 5.74) is 0. The maximum Gasteiger partial charge on any atom is 0.308 e. The number of hydrogen-bond acceptors (Lipinski definition) is 6. The number of methoxy groups -OCH3 is 2. The fourth-order valence-corrected chi connectivity index (χ4v) is 1.51. The van der Waals surface area contributed by atoms with Crippen LogP contribution in [0.25, 0.3) is 0 Å². The lowest BCUT2D eigenvalue weighted by molar-refractivity contribution is -0.258. The van der Waals surface area contributed by atoms with Crippen LogP contribution in [-0.2, 0) is 19.0 Å². The van der Waals surface area contributed by atoms with Crippen LogP contribution in [0.5, 0.6) is 0 Å². The molecule has 15 heavy (non-hydrogen) atoms. The highest BCUT2D eigenvalue weighted by Gasteiger charge is 2.37. The molecular weight excluding hydrogens is 204 g/mol. The van der Waals surface area contributed by atoms with Crippen molar-refractivity contribution in [3.63, 3.8) is 0 Å². The molecule has 0 radical (unpaired) electrons. The molecule has 4 unspecified atom stereocenters.